The van der Waals surface area contributed by atoms with E-state index >= 15 is 0 Å². The van der Waals surface area contributed by atoms with Gasteiger partial charge in [-0.2, -0.15) is 8.75 Å². The third-order valence-electron chi connectivity index (χ3n) is 7.55. The summed E-state index contributed by atoms with van der Waals surface area (Å²) in [4.78, 5) is 14.2. The molecule has 0 saturated carbocycles. The van der Waals surface area contributed by atoms with Crippen molar-refractivity contribution in [1.82, 2.24) is 8.75 Å². The van der Waals surface area contributed by atoms with Crippen molar-refractivity contribution in [3.05, 3.63) is 144 Å². The molecule has 0 radical (unpaired) electrons. The quantitative estimate of drug-likeness (QED) is 0.169. The Morgan fingerprint density at radius 1 is 0.634 bits per heavy atom. The van der Waals surface area contributed by atoms with Crippen LogP contribution >= 0.6 is 11.7 Å². The highest BCUT2D eigenvalue weighted by molar-refractivity contribution is 7.00. The van der Waals surface area contributed by atoms with E-state index in [0.29, 0.717) is 19.4 Å². The van der Waals surface area contributed by atoms with Crippen molar-refractivity contribution in [2.24, 2.45) is 0 Å². The van der Waals surface area contributed by atoms with Gasteiger partial charge in [0.15, 0.2) is 0 Å². The van der Waals surface area contributed by atoms with Crippen LogP contribution in [0.3, 0.4) is 0 Å². The number of hydrogen-bond donors (Lipinski definition) is 0. The number of ether oxygens (including phenoxy) is 1. The van der Waals surface area contributed by atoms with Gasteiger partial charge in [0.05, 0.1) is 18.3 Å². The molecular formula is C36H30N2O2S. The molecule has 0 unspecified atom stereocenters. The second kappa shape index (κ2) is 11.9. The first-order valence-electron chi connectivity index (χ1n) is 13.8. The SMILES string of the molecule is CCOC(=O)C(Cc1cccc(-c2ccccc2)c1)(Cc1cccc(-c2ccccc2)c1)c1ccc2nsnc2c1. The summed E-state index contributed by atoms with van der Waals surface area (Å²) in [6.45, 7) is 2.16. The Morgan fingerprint density at radius 2 is 1.17 bits per heavy atom. The number of fused-ring (bicyclic) bond motifs is 1. The Labute approximate surface area is 244 Å². The van der Waals surface area contributed by atoms with Crippen molar-refractivity contribution < 1.29 is 9.53 Å². The van der Waals surface area contributed by atoms with Crippen molar-refractivity contribution in [1.29, 1.82) is 0 Å². The lowest BCUT2D eigenvalue weighted by Crippen LogP contribution is -2.42. The van der Waals surface area contributed by atoms with Gasteiger partial charge < -0.3 is 4.74 Å². The maximum Gasteiger partial charge on any atom is 0.317 e. The van der Waals surface area contributed by atoms with Crippen LogP contribution < -0.4 is 0 Å². The largest absolute Gasteiger partial charge is 0.465 e. The molecule has 0 aliphatic rings. The topological polar surface area (TPSA) is 52.1 Å². The van der Waals surface area contributed by atoms with Gasteiger partial charge in [-0.05, 0) is 70.8 Å². The first kappa shape index (κ1) is 26.6. The number of carbonyl (C=O) groups excluding carboxylic acids is 1. The molecule has 0 spiro atoms. The van der Waals surface area contributed by atoms with Crippen LogP contribution in [0.4, 0.5) is 0 Å². The maximum absolute atomic E-state index is 14.2. The van der Waals surface area contributed by atoms with Crippen LogP contribution in [-0.4, -0.2) is 21.3 Å². The molecule has 0 saturated heterocycles. The highest BCUT2D eigenvalue weighted by Crippen LogP contribution is 2.37. The average Bonchev–Trinajstić information content (AvgIpc) is 3.50. The number of nitrogens with zero attached hydrogens (tertiary/aromatic N) is 2. The molecule has 0 amide bonds. The fourth-order valence-corrected chi connectivity index (χ4v) is 6.08. The Morgan fingerprint density at radius 3 is 1.73 bits per heavy atom. The molecule has 5 heteroatoms. The summed E-state index contributed by atoms with van der Waals surface area (Å²) in [6.07, 6.45) is 0.955. The molecule has 202 valence electrons. The van der Waals surface area contributed by atoms with E-state index < -0.39 is 5.41 Å². The molecule has 0 aliphatic carbocycles. The Kier molecular flexibility index (Phi) is 7.70. The number of rotatable bonds is 9. The minimum Gasteiger partial charge on any atom is -0.465 e. The van der Waals surface area contributed by atoms with E-state index in [0.717, 1.165) is 50.0 Å². The minimum absolute atomic E-state index is 0.238. The molecule has 5 aromatic carbocycles. The molecule has 0 N–H and O–H groups in total. The predicted molar refractivity (Wildman–Crippen MR) is 167 cm³/mol. The molecule has 0 aliphatic heterocycles. The van der Waals surface area contributed by atoms with Crippen molar-refractivity contribution in [3.8, 4) is 22.3 Å². The molecule has 0 atom stereocenters. The third kappa shape index (κ3) is 5.67. The van der Waals surface area contributed by atoms with E-state index in [2.05, 4.69) is 81.5 Å². The summed E-state index contributed by atoms with van der Waals surface area (Å²) in [6, 6.07) is 43.6. The standard InChI is InChI=1S/C36H30N2O2S/c1-2-40-35(39)36(32-19-20-33-34(23-32)38-41-37-33,24-26-11-9-17-30(21-26)28-13-5-3-6-14-28)25-27-12-10-18-31(22-27)29-15-7-4-8-16-29/h3-23H,2,24-25H2,1H3. The van der Waals surface area contributed by atoms with Crippen LogP contribution in [0.1, 0.15) is 23.6 Å². The van der Waals surface area contributed by atoms with Crippen LogP contribution in [0.2, 0.25) is 0 Å². The number of esters is 1. The van der Waals surface area contributed by atoms with E-state index in [-0.39, 0.29) is 5.97 Å². The normalized spacial score (nSPS) is 11.4. The van der Waals surface area contributed by atoms with Crippen LogP contribution in [0.5, 0.6) is 0 Å². The van der Waals surface area contributed by atoms with Crippen molar-refractivity contribution in [3.63, 3.8) is 0 Å². The lowest BCUT2D eigenvalue weighted by atomic mass is 9.71. The van der Waals surface area contributed by atoms with Crippen LogP contribution in [-0.2, 0) is 27.8 Å². The predicted octanol–water partition coefficient (Wildman–Crippen LogP) is 8.31. The Balaban J connectivity index is 1.49. The highest BCUT2D eigenvalue weighted by atomic mass is 32.1. The van der Waals surface area contributed by atoms with Crippen molar-refractivity contribution in [2.75, 3.05) is 6.61 Å². The molecule has 1 aromatic heterocycles. The smallest absolute Gasteiger partial charge is 0.317 e. The van der Waals surface area contributed by atoms with Crippen molar-refractivity contribution in [2.45, 2.75) is 25.2 Å². The maximum atomic E-state index is 14.2. The lowest BCUT2D eigenvalue weighted by molar-refractivity contribution is -0.150. The molecular weight excluding hydrogens is 524 g/mol. The van der Waals surface area contributed by atoms with E-state index in [1.807, 2.05) is 61.5 Å². The summed E-state index contributed by atoms with van der Waals surface area (Å²) in [5.74, 6) is -0.238. The molecule has 0 fully saturated rings. The van der Waals surface area contributed by atoms with Crippen LogP contribution in [0, 0.1) is 0 Å². The van der Waals surface area contributed by atoms with Gasteiger partial charge in [0.1, 0.15) is 16.4 Å². The number of carbonyl (C=O) groups is 1. The van der Waals surface area contributed by atoms with E-state index in [1.165, 1.54) is 11.7 Å². The molecule has 0 bridgehead atoms. The zero-order chi connectivity index (χ0) is 28.1. The van der Waals surface area contributed by atoms with Gasteiger partial charge in [-0.15, -0.1) is 0 Å². The zero-order valence-electron chi connectivity index (χ0n) is 22.9. The summed E-state index contributed by atoms with van der Waals surface area (Å²) in [5.41, 5.74) is 8.17. The fraction of sp³-hybridized carbons (Fsp3) is 0.139. The molecule has 4 nitrogen and oxygen atoms in total. The Bertz CT molecular complexity index is 1700. The number of hydrogen-bond acceptors (Lipinski definition) is 5. The van der Waals surface area contributed by atoms with Crippen LogP contribution in [0.25, 0.3) is 33.3 Å². The first-order valence-corrected chi connectivity index (χ1v) is 14.6. The van der Waals surface area contributed by atoms with Gasteiger partial charge in [-0.1, -0.05) is 115 Å². The van der Waals surface area contributed by atoms with Gasteiger partial charge in [-0.25, -0.2) is 0 Å². The van der Waals surface area contributed by atoms with Gasteiger partial charge in [0, 0.05) is 0 Å². The minimum atomic E-state index is -0.974. The molecule has 6 aromatic rings. The van der Waals surface area contributed by atoms with Gasteiger partial charge >= 0.3 is 5.97 Å². The zero-order valence-corrected chi connectivity index (χ0v) is 23.7. The Hall–Kier alpha value is -4.61. The summed E-state index contributed by atoms with van der Waals surface area (Å²) in [5, 5.41) is 0. The fourth-order valence-electron chi connectivity index (χ4n) is 5.56. The highest BCUT2D eigenvalue weighted by Gasteiger charge is 2.42. The summed E-state index contributed by atoms with van der Waals surface area (Å²) >= 11 is 1.18. The van der Waals surface area contributed by atoms with Gasteiger partial charge in [0.25, 0.3) is 0 Å². The molecule has 1 heterocycles. The molecule has 41 heavy (non-hydrogen) atoms. The summed E-state index contributed by atoms with van der Waals surface area (Å²) < 4.78 is 14.8. The van der Waals surface area contributed by atoms with E-state index in [4.69, 9.17) is 4.74 Å². The van der Waals surface area contributed by atoms with Crippen molar-refractivity contribution >= 4 is 28.7 Å². The van der Waals surface area contributed by atoms with Gasteiger partial charge in [-0.3, -0.25) is 4.79 Å². The van der Waals surface area contributed by atoms with E-state index in [9.17, 15) is 4.79 Å². The number of benzene rings is 5. The lowest BCUT2D eigenvalue weighted by Gasteiger charge is -2.33. The number of aromatic nitrogens is 2. The first-order chi connectivity index (χ1) is 20.1. The second-order valence-electron chi connectivity index (χ2n) is 10.3. The third-order valence-corrected chi connectivity index (χ3v) is 8.11. The molecule has 6 rings (SSSR count). The van der Waals surface area contributed by atoms with E-state index in [1.54, 1.807) is 0 Å². The van der Waals surface area contributed by atoms with Crippen LogP contribution in [0.15, 0.2) is 127 Å². The average molecular weight is 555 g/mol. The second-order valence-corrected chi connectivity index (χ2v) is 10.8. The monoisotopic (exact) mass is 554 g/mol. The van der Waals surface area contributed by atoms with Gasteiger partial charge in [0.2, 0.25) is 0 Å². The summed E-state index contributed by atoms with van der Waals surface area (Å²) in [7, 11) is 0.